The van der Waals surface area contributed by atoms with E-state index >= 15 is 0 Å². The molecule has 4 aromatic heterocycles. The van der Waals surface area contributed by atoms with Crippen LogP contribution in [0.4, 0.5) is 8.78 Å². The molecule has 12 rings (SSSR count). The van der Waals surface area contributed by atoms with Crippen LogP contribution in [0.2, 0.25) is 0 Å². The fourth-order valence-corrected chi connectivity index (χ4v) is 12.7. The highest BCUT2D eigenvalue weighted by Gasteiger charge is 2.33. The van der Waals surface area contributed by atoms with E-state index < -0.39 is 60.8 Å². The number of terminal acetylenes is 1. The van der Waals surface area contributed by atoms with Gasteiger partial charge < -0.3 is 38.8 Å². The number of piperidine rings is 2. The maximum atomic E-state index is 13.5. The van der Waals surface area contributed by atoms with E-state index in [0.29, 0.717) is 105 Å². The number of carbonyl (C=O) groups is 9. The molecule has 100 heavy (non-hydrogen) atoms. The Hall–Kier alpha value is -9.85. The molecule has 0 bridgehead atoms. The zero-order chi connectivity index (χ0) is 73.4. The van der Waals surface area contributed by atoms with E-state index in [4.69, 9.17) is 15.2 Å². The van der Waals surface area contributed by atoms with Crippen molar-refractivity contribution in [1.29, 1.82) is 0 Å². The first-order valence-corrected chi connectivity index (χ1v) is 33.4. The van der Waals surface area contributed by atoms with Crippen molar-refractivity contribution >= 4 is 74.8 Å². The molecule has 2 fully saturated rings. The van der Waals surface area contributed by atoms with Crippen molar-refractivity contribution in [3.63, 3.8) is 0 Å². The zero-order valence-corrected chi connectivity index (χ0v) is 57.3. The number of aliphatic hydroxyl groups excluding tert-OH is 1. The fourth-order valence-electron chi connectivity index (χ4n) is 12.7. The first-order chi connectivity index (χ1) is 48.0. The van der Waals surface area contributed by atoms with Gasteiger partial charge in [-0.05, 0) is 142 Å². The van der Waals surface area contributed by atoms with E-state index in [1.807, 2.05) is 27.7 Å². The van der Waals surface area contributed by atoms with Gasteiger partial charge in [0.25, 0.3) is 34.7 Å². The molecule has 532 valence electrons. The average molecular weight is 1380 g/mol. The molecule has 0 spiro atoms. The number of aliphatic hydroxyl groups is 1. The van der Waals surface area contributed by atoms with Gasteiger partial charge in [0, 0.05) is 126 Å². The number of nitrogens with zero attached hydrogens (tertiary/aromatic N) is 10. The molecule has 6 aliphatic rings. The Kier molecular flexibility index (Phi) is 25.5. The van der Waals surface area contributed by atoms with Gasteiger partial charge in [-0.1, -0.05) is 31.1 Å². The van der Waals surface area contributed by atoms with Gasteiger partial charge in [0.05, 0.1) is 17.9 Å². The number of carbonyl (C=O) groups excluding carboxylic acids is 9. The number of ketones is 3. The Morgan fingerprint density at radius 3 is 1.53 bits per heavy atom. The summed E-state index contributed by atoms with van der Waals surface area (Å²) in [5, 5.41) is 22.7. The lowest BCUT2D eigenvalue weighted by Crippen LogP contribution is -2.42. The van der Waals surface area contributed by atoms with E-state index in [1.54, 1.807) is 28.2 Å². The molecule has 2 N–H and O–H groups in total. The van der Waals surface area contributed by atoms with Gasteiger partial charge in [0.15, 0.2) is 23.1 Å². The van der Waals surface area contributed by atoms with Crippen LogP contribution >= 0.6 is 0 Å². The minimum absolute atomic E-state index is 0.00237. The topological polar surface area (TPSA) is 330 Å². The molecular weight excluding hydrogens is 1300 g/mol. The molecule has 6 aliphatic heterocycles. The molecular formula is C72H85F2N11O15. The van der Waals surface area contributed by atoms with E-state index in [-0.39, 0.29) is 58.0 Å². The first-order valence-electron chi connectivity index (χ1n) is 33.9. The smallest absolute Gasteiger partial charge is 0.326 e. The summed E-state index contributed by atoms with van der Waals surface area (Å²) in [7, 11) is 0. The van der Waals surface area contributed by atoms with Gasteiger partial charge in [-0.15, -0.1) is 12.8 Å². The van der Waals surface area contributed by atoms with Crippen molar-refractivity contribution < 1.29 is 72.2 Å². The molecule has 2 aromatic carbocycles. The van der Waals surface area contributed by atoms with Gasteiger partial charge in [0.1, 0.15) is 55.4 Å². The van der Waals surface area contributed by atoms with Crippen molar-refractivity contribution in [3.8, 4) is 12.8 Å². The molecule has 6 aromatic rings. The number of rotatable bonds is 18. The second-order valence-corrected chi connectivity index (χ2v) is 26.5. The number of hydrogen-bond acceptors (Lipinski definition) is 21. The number of benzene rings is 2. The number of nitrogens with one attached hydrogen (secondary N) is 1. The summed E-state index contributed by atoms with van der Waals surface area (Å²) in [6.45, 7) is 17.1. The normalized spacial score (nSPS) is 17.9. The lowest BCUT2D eigenvalue weighted by Gasteiger charge is -2.31. The van der Waals surface area contributed by atoms with E-state index in [1.165, 1.54) is 44.5 Å². The number of hydrogen-bond donors (Lipinski definition) is 2. The highest BCUT2D eigenvalue weighted by atomic mass is 19.1. The number of Topliss-reactive ketones (excluding diaryl/α,β-unsaturated/α-hetero) is 3. The minimum Gasteiger partial charge on any atom is -0.453 e. The third-order valence-corrected chi connectivity index (χ3v) is 18.2. The largest absolute Gasteiger partial charge is 0.453 e. The Morgan fingerprint density at radius 1 is 0.640 bits per heavy atom. The summed E-state index contributed by atoms with van der Waals surface area (Å²) in [5.74, 6) is -2.63. The Bertz CT molecular complexity index is 4300. The summed E-state index contributed by atoms with van der Waals surface area (Å²) in [5.41, 5.74) is 5.00. The number of likely N-dealkylation sites (tertiary alicyclic amines) is 2. The lowest BCUT2D eigenvalue weighted by atomic mass is 9.88. The number of esters is 1. The molecule has 28 heteroatoms. The molecule has 2 atom stereocenters. The number of aryl methyl sites for hydroxylation is 2. The van der Waals surface area contributed by atoms with Crippen molar-refractivity contribution in [2.45, 2.75) is 163 Å². The second-order valence-electron chi connectivity index (χ2n) is 26.5. The average Bonchev–Trinajstić information content (AvgIpc) is 1.47. The summed E-state index contributed by atoms with van der Waals surface area (Å²) >= 11 is 0. The molecule has 0 aliphatic carbocycles. The molecule has 2 unspecified atom stereocenters. The Morgan fingerprint density at radius 2 is 1.08 bits per heavy atom. The predicted octanol–water partition coefficient (Wildman–Crippen LogP) is 6.48. The van der Waals surface area contributed by atoms with Gasteiger partial charge in [-0.25, -0.2) is 18.7 Å². The molecule has 26 nitrogen and oxygen atoms in total. The van der Waals surface area contributed by atoms with Crippen LogP contribution in [0, 0.1) is 43.7 Å². The van der Waals surface area contributed by atoms with Crippen LogP contribution < -0.4 is 16.4 Å². The van der Waals surface area contributed by atoms with E-state index in [0.717, 1.165) is 132 Å². The Balaban J connectivity index is 0.000000198. The maximum Gasteiger partial charge on any atom is 0.326 e. The van der Waals surface area contributed by atoms with Crippen LogP contribution in [-0.2, 0) is 73.8 Å². The Labute approximate surface area is 577 Å². The summed E-state index contributed by atoms with van der Waals surface area (Å²) < 4.78 is 52.2. The quantitative estimate of drug-likeness (QED) is 0.0528. The molecule has 5 amide bonds. The standard InChI is InChI=1S/C31H33FN6O7.C23H27FN4O3.C9H16O2.C7H7NO3.C2H2/c1-18-21(10-14-36-12-8-19(9-13-36)29-22-5-4-20(32)15-24(22)45-35-29)31(43)37-11-2-3-23(30(37)34-18)44-28(42)16-33-25(39)17-38-26(40)6-7-27(38)41;1-14-17(23(30)28-9-2-3-19(29)22(28)25-14)8-12-27-10-6-15(7-11-27)21-18-5-4-16(24)13-20(18)31-26-21;1-7(10)5-6-8(11)9(2,3)4;1-5(9)4-8-6(10)2-3-7(8)11;1-2/h4-7,15,19,23H,2-3,8-14,16-17H2,1H3,(H,33,39);4-5,13,15,19,29H,2-3,6-12H2,1H3;5-6H2,1-4H3;2-3H,4H2,1H3;1-2H/i;;;;1D. The van der Waals surface area contributed by atoms with Crippen molar-refractivity contribution in [3.05, 3.63) is 139 Å². The number of amides is 5. The highest BCUT2D eigenvalue weighted by Crippen LogP contribution is 2.35. The fraction of sp³-hybridized carbons (Fsp3) is 0.486. The van der Waals surface area contributed by atoms with Gasteiger partial charge >= 0.3 is 5.97 Å². The maximum absolute atomic E-state index is 13.5. The van der Waals surface area contributed by atoms with Crippen LogP contribution in [0.3, 0.4) is 0 Å². The van der Waals surface area contributed by atoms with Gasteiger partial charge in [-0.3, -0.25) is 66.9 Å². The highest BCUT2D eigenvalue weighted by molar-refractivity contribution is 6.15. The number of aromatic nitrogens is 6. The minimum atomic E-state index is -0.738. The molecule has 10 heterocycles. The van der Waals surface area contributed by atoms with Crippen molar-refractivity contribution in [2.24, 2.45) is 5.41 Å². The van der Waals surface area contributed by atoms with Crippen LogP contribution in [0.25, 0.3) is 21.9 Å². The molecule has 2 saturated heterocycles. The third kappa shape index (κ3) is 19.3. The summed E-state index contributed by atoms with van der Waals surface area (Å²) in [4.78, 5) is 144. The zero-order valence-electron chi connectivity index (χ0n) is 58.3. The SMILES string of the molecule is CC(=O)CCC(=O)C(C)(C)C.CC(=O)CN1C(=O)C=CC1=O.Cc1nc2n(c(=O)c1CCN1CCC(c3noc4cc(F)ccc34)CC1)CCCC2O.Cc1nc2n(c(=O)c1CCN1CCC(c3noc4cc(F)ccc34)CC1)CCCC2OC(=O)CNC(=O)CN1C(=O)C=CC1=O.[2H]C#C. The van der Waals surface area contributed by atoms with Crippen molar-refractivity contribution in [1.82, 2.24) is 54.3 Å². The van der Waals surface area contributed by atoms with Crippen LogP contribution in [0.15, 0.2) is 79.3 Å². The second kappa shape index (κ2) is 34.3. The number of fused-ring (bicyclic) bond motifs is 4. The number of ether oxygens (including phenoxy) is 1. The first kappa shape index (κ1) is 74.4. The van der Waals surface area contributed by atoms with E-state index in [9.17, 15) is 66.6 Å². The lowest BCUT2D eigenvalue weighted by molar-refractivity contribution is -0.151. The third-order valence-electron chi connectivity index (χ3n) is 18.2. The van der Waals surface area contributed by atoms with Crippen LogP contribution in [-0.4, -0.2) is 166 Å². The van der Waals surface area contributed by atoms with Crippen molar-refractivity contribution in [2.75, 3.05) is 58.9 Å². The number of imide groups is 2. The molecule has 0 radical (unpaired) electrons. The predicted molar refractivity (Wildman–Crippen MR) is 361 cm³/mol. The van der Waals surface area contributed by atoms with Gasteiger partial charge in [0.2, 0.25) is 5.91 Å². The van der Waals surface area contributed by atoms with Crippen LogP contribution in [0.5, 0.6) is 0 Å². The molecule has 0 saturated carbocycles. The monoisotopic (exact) mass is 1380 g/mol. The summed E-state index contributed by atoms with van der Waals surface area (Å²) in [6, 6.07) is 9.07. The van der Waals surface area contributed by atoms with Crippen LogP contribution in [0.1, 0.15) is 170 Å². The number of halogens is 2. The van der Waals surface area contributed by atoms with E-state index in [2.05, 4.69) is 41.8 Å². The van der Waals surface area contributed by atoms with Gasteiger partial charge in [-0.2, -0.15) is 0 Å². The summed E-state index contributed by atoms with van der Waals surface area (Å²) in [6.07, 6.45) is 17.0.